The van der Waals surface area contributed by atoms with Gasteiger partial charge >= 0.3 is 0 Å². The second-order valence-corrected chi connectivity index (χ2v) is 4.90. The number of benzene rings is 1. The van der Waals surface area contributed by atoms with Crippen molar-refractivity contribution in [1.82, 2.24) is 10.3 Å². The number of fused-ring (bicyclic) bond motifs is 1. The molecular formula is C15H18N2. The van der Waals surface area contributed by atoms with Crippen LogP contribution in [0.2, 0.25) is 0 Å². The monoisotopic (exact) mass is 226 g/mol. The van der Waals surface area contributed by atoms with Crippen molar-refractivity contribution in [1.29, 1.82) is 0 Å². The van der Waals surface area contributed by atoms with E-state index in [9.17, 15) is 0 Å². The zero-order chi connectivity index (χ0) is 11.5. The van der Waals surface area contributed by atoms with Gasteiger partial charge in [-0.15, -0.1) is 0 Å². The molecule has 1 aromatic heterocycles. The van der Waals surface area contributed by atoms with Crippen molar-refractivity contribution in [2.24, 2.45) is 5.92 Å². The Bertz CT molecular complexity index is 503. The van der Waals surface area contributed by atoms with Crippen LogP contribution >= 0.6 is 0 Å². The summed E-state index contributed by atoms with van der Waals surface area (Å²) in [5.41, 5.74) is 2.23. The first-order chi connectivity index (χ1) is 8.42. The van der Waals surface area contributed by atoms with Gasteiger partial charge < -0.3 is 5.32 Å². The lowest BCUT2D eigenvalue weighted by Crippen LogP contribution is -2.15. The molecule has 0 saturated heterocycles. The predicted molar refractivity (Wildman–Crippen MR) is 70.8 cm³/mol. The van der Waals surface area contributed by atoms with Gasteiger partial charge in [0.15, 0.2) is 0 Å². The van der Waals surface area contributed by atoms with Gasteiger partial charge in [0.1, 0.15) is 0 Å². The van der Waals surface area contributed by atoms with Crippen LogP contribution in [0.5, 0.6) is 0 Å². The molecule has 1 heterocycles. The average Bonchev–Trinajstić information content (AvgIpc) is 3.18. The van der Waals surface area contributed by atoms with Crippen LogP contribution in [0.15, 0.2) is 36.4 Å². The number of hydrogen-bond donors (Lipinski definition) is 1. The molecule has 2 heteroatoms. The first-order valence-electron chi connectivity index (χ1n) is 6.47. The summed E-state index contributed by atoms with van der Waals surface area (Å²) in [5.74, 6) is 1.01. The summed E-state index contributed by atoms with van der Waals surface area (Å²) < 4.78 is 0. The fraction of sp³-hybridized carbons (Fsp3) is 0.400. The maximum Gasteiger partial charge on any atom is 0.0705 e. The highest BCUT2D eigenvalue weighted by atomic mass is 14.9. The van der Waals surface area contributed by atoms with Gasteiger partial charge in [-0.3, -0.25) is 4.98 Å². The third-order valence-electron chi connectivity index (χ3n) is 3.39. The van der Waals surface area contributed by atoms with Crippen molar-refractivity contribution in [2.45, 2.75) is 25.8 Å². The van der Waals surface area contributed by atoms with E-state index in [4.69, 9.17) is 0 Å². The Morgan fingerprint density at radius 3 is 2.88 bits per heavy atom. The normalized spacial score (nSPS) is 15.3. The smallest absolute Gasteiger partial charge is 0.0705 e. The van der Waals surface area contributed by atoms with Crippen molar-refractivity contribution in [3.63, 3.8) is 0 Å². The molecule has 2 nitrogen and oxygen atoms in total. The highest BCUT2D eigenvalue weighted by molar-refractivity contribution is 5.78. The zero-order valence-corrected chi connectivity index (χ0v) is 10.0. The van der Waals surface area contributed by atoms with Crippen LogP contribution in [0.3, 0.4) is 0 Å². The third kappa shape index (κ3) is 2.83. The minimum absolute atomic E-state index is 0.886. The Kier molecular flexibility index (Phi) is 3.06. The van der Waals surface area contributed by atoms with E-state index in [0.717, 1.165) is 30.2 Å². The third-order valence-corrected chi connectivity index (χ3v) is 3.39. The number of para-hydroxylation sites is 1. The molecule has 0 atom stereocenters. The summed E-state index contributed by atoms with van der Waals surface area (Å²) in [6.45, 7) is 2.01. The Hall–Kier alpha value is -1.41. The Morgan fingerprint density at radius 2 is 2.00 bits per heavy atom. The lowest BCUT2D eigenvalue weighted by atomic mass is 10.2. The van der Waals surface area contributed by atoms with Crippen LogP contribution in [0.1, 0.15) is 25.0 Å². The maximum atomic E-state index is 4.65. The van der Waals surface area contributed by atoms with E-state index in [2.05, 4.69) is 40.6 Å². The number of pyridine rings is 1. The summed E-state index contributed by atoms with van der Waals surface area (Å²) >= 11 is 0. The Balaban J connectivity index is 1.59. The van der Waals surface area contributed by atoms with Crippen molar-refractivity contribution >= 4 is 10.9 Å². The summed E-state index contributed by atoms with van der Waals surface area (Å²) in [5, 5.41) is 4.69. The van der Waals surface area contributed by atoms with Gasteiger partial charge in [-0.2, -0.15) is 0 Å². The largest absolute Gasteiger partial charge is 0.311 e. The van der Waals surface area contributed by atoms with E-state index >= 15 is 0 Å². The lowest BCUT2D eigenvalue weighted by Gasteiger charge is -2.05. The SMILES string of the molecule is c1ccc2nc(CNCCC3CC3)ccc2c1. The number of aromatic nitrogens is 1. The molecule has 2 aromatic rings. The first kappa shape index (κ1) is 10.7. The van der Waals surface area contributed by atoms with Crippen molar-refractivity contribution in [2.75, 3.05) is 6.54 Å². The van der Waals surface area contributed by atoms with E-state index < -0.39 is 0 Å². The van der Waals surface area contributed by atoms with Gasteiger partial charge in [-0.1, -0.05) is 37.1 Å². The van der Waals surface area contributed by atoms with E-state index in [1.165, 1.54) is 24.6 Å². The minimum Gasteiger partial charge on any atom is -0.311 e. The van der Waals surface area contributed by atoms with Gasteiger partial charge in [-0.25, -0.2) is 0 Å². The van der Waals surface area contributed by atoms with E-state index in [0.29, 0.717) is 0 Å². The molecule has 0 amide bonds. The maximum absolute atomic E-state index is 4.65. The Labute approximate surface area is 102 Å². The molecule has 0 spiro atoms. The summed E-state index contributed by atoms with van der Waals surface area (Å²) in [7, 11) is 0. The van der Waals surface area contributed by atoms with Crippen LogP contribution < -0.4 is 5.32 Å². The standard InChI is InChI=1S/C15H18N2/c1-2-4-15-13(3-1)7-8-14(17-15)11-16-10-9-12-5-6-12/h1-4,7-8,12,16H,5-6,9-11H2. The van der Waals surface area contributed by atoms with Crippen LogP contribution in [0, 0.1) is 5.92 Å². The number of nitrogens with one attached hydrogen (secondary N) is 1. The van der Waals surface area contributed by atoms with Gasteiger partial charge in [0.25, 0.3) is 0 Å². The topological polar surface area (TPSA) is 24.9 Å². The van der Waals surface area contributed by atoms with Crippen LogP contribution in [-0.4, -0.2) is 11.5 Å². The van der Waals surface area contributed by atoms with Gasteiger partial charge in [-0.05, 0) is 31.0 Å². The molecule has 1 aromatic carbocycles. The van der Waals surface area contributed by atoms with Crippen molar-refractivity contribution in [3.8, 4) is 0 Å². The summed E-state index contributed by atoms with van der Waals surface area (Å²) in [6, 6.07) is 12.5. The van der Waals surface area contributed by atoms with Crippen molar-refractivity contribution in [3.05, 3.63) is 42.1 Å². The molecule has 3 rings (SSSR count). The van der Waals surface area contributed by atoms with Crippen LogP contribution in [0.4, 0.5) is 0 Å². The molecule has 0 radical (unpaired) electrons. The first-order valence-corrected chi connectivity index (χ1v) is 6.47. The van der Waals surface area contributed by atoms with E-state index in [1.807, 2.05) is 6.07 Å². The molecule has 1 aliphatic rings. The summed E-state index contributed by atoms with van der Waals surface area (Å²) in [4.78, 5) is 4.65. The molecule has 1 N–H and O–H groups in total. The molecular weight excluding hydrogens is 208 g/mol. The highest BCUT2D eigenvalue weighted by Crippen LogP contribution is 2.31. The summed E-state index contributed by atoms with van der Waals surface area (Å²) in [6.07, 6.45) is 4.21. The number of nitrogens with zero attached hydrogens (tertiary/aromatic N) is 1. The predicted octanol–water partition coefficient (Wildman–Crippen LogP) is 3.12. The van der Waals surface area contributed by atoms with Crippen LogP contribution in [0.25, 0.3) is 10.9 Å². The molecule has 1 saturated carbocycles. The lowest BCUT2D eigenvalue weighted by molar-refractivity contribution is 0.607. The number of hydrogen-bond acceptors (Lipinski definition) is 2. The fourth-order valence-electron chi connectivity index (χ4n) is 2.14. The molecule has 88 valence electrons. The quantitative estimate of drug-likeness (QED) is 0.792. The average molecular weight is 226 g/mol. The second-order valence-electron chi connectivity index (χ2n) is 4.90. The molecule has 0 unspecified atom stereocenters. The van der Waals surface area contributed by atoms with Gasteiger partial charge in [0.05, 0.1) is 11.2 Å². The Morgan fingerprint density at radius 1 is 1.12 bits per heavy atom. The molecule has 17 heavy (non-hydrogen) atoms. The van der Waals surface area contributed by atoms with E-state index in [1.54, 1.807) is 0 Å². The second kappa shape index (κ2) is 4.84. The van der Waals surface area contributed by atoms with E-state index in [-0.39, 0.29) is 0 Å². The molecule has 0 aliphatic heterocycles. The number of rotatable bonds is 5. The highest BCUT2D eigenvalue weighted by Gasteiger charge is 2.19. The van der Waals surface area contributed by atoms with Crippen LogP contribution in [-0.2, 0) is 6.54 Å². The molecule has 0 bridgehead atoms. The zero-order valence-electron chi connectivity index (χ0n) is 10.0. The van der Waals surface area contributed by atoms with Gasteiger partial charge in [0.2, 0.25) is 0 Å². The fourth-order valence-corrected chi connectivity index (χ4v) is 2.14. The minimum atomic E-state index is 0.886. The molecule has 1 aliphatic carbocycles. The molecule has 1 fully saturated rings. The van der Waals surface area contributed by atoms with Gasteiger partial charge in [0, 0.05) is 11.9 Å². The van der Waals surface area contributed by atoms with Crippen molar-refractivity contribution < 1.29 is 0 Å².